The summed E-state index contributed by atoms with van der Waals surface area (Å²) >= 11 is 3.45. The Bertz CT molecular complexity index is 508. The van der Waals surface area contributed by atoms with Crippen LogP contribution >= 0.6 is 23.1 Å². The van der Waals surface area contributed by atoms with Crippen molar-refractivity contribution in [2.24, 2.45) is 0 Å². The highest BCUT2D eigenvalue weighted by molar-refractivity contribution is 7.99. The summed E-state index contributed by atoms with van der Waals surface area (Å²) in [6.45, 7) is 2.54. The summed E-state index contributed by atoms with van der Waals surface area (Å²) in [7, 11) is 0. The molecule has 0 saturated heterocycles. The Labute approximate surface area is 121 Å². The van der Waals surface area contributed by atoms with Crippen LogP contribution in [-0.2, 0) is 17.8 Å². The fourth-order valence-electron chi connectivity index (χ4n) is 1.68. The van der Waals surface area contributed by atoms with Gasteiger partial charge in [-0.25, -0.2) is 0 Å². The first-order valence-corrected chi connectivity index (χ1v) is 8.14. The Balaban J connectivity index is 1.78. The highest BCUT2D eigenvalue weighted by Gasteiger charge is 2.05. The largest absolute Gasteiger partial charge is 0.308 e. The third-order valence-electron chi connectivity index (χ3n) is 2.66. The molecule has 0 unspecified atom stereocenters. The molecule has 19 heavy (non-hydrogen) atoms. The first-order chi connectivity index (χ1) is 9.25. The van der Waals surface area contributed by atoms with Crippen LogP contribution in [0.3, 0.4) is 0 Å². The van der Waals surface area contributed by atoms with Crippen LogP contribution in [0.15, 0.2) is 29.0 Å². The average Bonchev–Trinajstić information content (AvgIpc) is 3.03. The van der Waals surface area contributed by atoms with Crippen molar-refractivity contribution in [1.82, 2.24) is 14.8 Å². The Morgan fingerprint density at radius 3 is 3.16 bits per heavy atom. The van der Waals surface area contributed by atoms with Gasteiger partial charge in [0, 0.05) is 23.6 Å². The maximum atomic E-state index is 10.9. The third-order valence-corrected chi connectivity index (χ3v) is 4.67. The molecule has 6 heteroatoms. The normalized spacial score (nSPS) is 10.8. The summed E-state index contributed by atoms with van der Waals surface area (Å²) in [5.41, 5.74) is 0. The van der Waals surface area contributed by atoms with Gasteiger partial charge in [0.05, 0.1) is 0 Å². The number of aromatic nitrogens is 3. The molecular weight excluding hydrogens is 278 g/mol. The van der Waals surface area contributed by atoms with Crippen LogP contribution in [0.25, 0.3) is 0 Å². The van der Waals surface area contributed by atoms with E-state index in [9.17, 15) is 4.79 Å². The van der Waals surface area contributed by atoms with Crippen LogP contribution < -0.4 is 0 Å². The van der Waals surface area contributed by atoms with Crippen LogP contribution in [0.5, 0.6) is 0 Å². The van der Waals surface area contributed by atoms with Gasteiger partial charge in [-0.05, 0) is 31.2 Å². The number of rotatable bonds is 8. The lowest BCUT2D eigenvalue weighted by Gasteiger charge is -2.04. The summed E-state index contributed by atoms with van der Waals surface area (Å²) < 4.78 is 2.08. The maximum absolute atomic E-state index is 10.9. The SMILES string of the molecule is CC(=O)CCCSc1nncn1CCc1cccs1. The van der Waals surface area contributed by atoms with Gasteiger partial charge in [0.15, 0.2) is 5.16 Å². The van der Waals surface area contributed by atoms with E-state index < -0.39 is 0 Å². The number of nitrogens with zero attached hydrogens (tertiary/aromatic N) is 3. The zero-order chi connectivity index (χ0) is 13.5. The van der Waals surface area contributed by atoms with Crippen molar-refractivity contribution in [3.8, 4) is 0 Å². The lowest BCUT2D eigenvalue weighted by molar-refractivity contribution is -0.117. The smallest absolute Gasteiger partial charge is 0.191 e. The number of carbonyl (C=O) groups is 1. The molecule has 0 fully saturated rings. The van der Waals surface area contributed by atoms with E-state index >= 15 is 0 Å². The number of Topliss-reactive ketones (excluding diaryl/α,β-unsaturated/α-hetero) is 1. The molecule has 0 atom stereocenters. The maximum Gasteiger partial charge on any atom is 0.191 e. The Hall–Kier alpha value is -1.14. The zero-order valence-electron chi connectivity index (χ0n) is 10.9. The van der Waals surface area contributed by atoms with Gasteiger partial charge in [0.25, 0.3) is 0 Å². The average molecular weight is 295 g/mol. The van der Waals surface area contributed by atoms with Gasteiger partial charge in [-0.3, -0.25) is 0 Å². The van der Waals surface area contributed by atoms with E-state index in [-0.39, 0.29) is 5.78 Å². The minimum Gasteiger partial charge on any atom is -0.308 e. The van der Waals surface area contributed by atoms with Crippen molar-refractivity contribution in [2.75, 3.05) is 5.75 Å². The van der Waals surface area contributed by atoms with Crippen molar-refractivity contribution >= 4 is 28.9 Å². The first kappa shape index (κ1) is 14.3. The van der Waals surface area contributed by atoms with E-state index in [1.807, 2.05) is 0 Å². The second-order valence-electron chi connectivity index (χ2n) is 4.29. The van der Waals surface area contributed by atoms with Crippen molar-refractivity contribution in [1.29, 1.82) is 0 Å². The number of thiophene rings is 1. The summed E-state index contributed by atoms with van der Waals surface area (Å²) in [6.07, 6.45) is 4.34. The quantitative estimate of drug-likeness (QED) is 0.555. The van der Waals surface area contributed by atoms with Gasteiger partial charge in [0.1, 0.15) is 12.1 Å². The number of thioether (sulfide) groups is 1. The molecule has 0 bridgehead atoms. The van der Waals surface area contributed by atoms with E-state index in [0.717, 1.165) is 30.3 Å². The van der Waals surface area contributed by atoms with E-state index in [2.05, 4.69) is 32.3 Å². The van der Waals surface area contributed by atoms with Crippen molar-refractivity contribution in [3.05, 3.63) is 28.7 Å². The van der Waals surface area contributed by atoms with Crippen LogP contribution in [0.1, 0.15) is 24.6 Å². The molecule has 0 N–H and O–H groups in total. The van der Waals surface area contributed by atoms with Crippen LogP contribution in [0, 0.1) is 0 Å². The Morgan fingerprint density at radius 1 is 1.53 bits per heavy atom. The van der Waals surface area contributed by atoms with Gasteiger partial charge in [0.2, 0.25) is 0 Å². The lowest BCUT2D eigenvalue weighted by atomic mass is 10.3. The fourth-order valence-corrected chi connectivity index (χ4v) is 3.26. The molecule has 2 rings (SSSR count). The predicted molar refractivity (Wildman–Crippen MR) is 78.7 cm³/mol. The third kappa shape index (κ3) is 4.80. The molecule has 0 radical (unpaired) electrons. The molecule has 2 heterocycles. The molecule has 0 aliphatic heterocycles. The standard InChI is InChI=1S/C13H17N3OS2/c1-11(17)4-2-9-19-13-15-14-10-16(13)7-6-12-5-3-8-18-12/h3,5,8,10H,2,4,6-7,9H2,1H3. The fraction of sp³-hybridized carbons (Fsp3) is 0.462. The van der Waals surface area contributed by atoms with E-state index in [1.54, 1.807) is 36.3 Å². The molecule has 0 aliphatic carbocycles. The molecule has 0 saturated carbocycles. The summed E-state index contributed by atoms with van der Waals surface area (Å²) in [6, 6.07) is 4.22. The molecule has 0 spiro atoms. The first-order valence-electron chi connectivity index (χ1n) is 6.28. The Kier molecular flexibility index (Phi) is 5.60. The topological polar surface area (TPSA) is 47.8 Å². The summed E-state index contributed by atoms with van der Waals surface area (Å²) in [5.74, 6) is 1.16. The monoisotopic (exact) mass is 295 g/mol. The molecule has 0 aliphatic rings. The summed E-state index contributed by atoms with van der Waals surface area (Å²) in [5, 5.41) is 11.1. The minimum absolute atomic E-state index is 0.250. The van der Waals surface area contributed by atoms with Gasteiger partial charge in [-0.2, -0.15) is 0 Å². The van der Waals surface area contributed by atoms with Crippen LogP contribution in [0.2, 0.25) is 0 Å². The number of hydrogen-bond acceptors (Lipinski definition) is 5. The molecule has 0 amide bonds. The molecule has 2 aromatic rings. The zero-order valence-corrected chi connectivity index (χ0v) is 12.5. The molecule has 102 valence electrons. The summed E-state index contributed by atoms with van der Waals surface area (Å²) in [4.78, 5) is 12.2. The predicted octanol–water partition coefficient (Wildman–Crippen LogP) is 3.04. The molecule has 4 nitrogen and oxygen atoms in total. The molecule has 0 aromatic carbocycles. The number of hydrogen-bond donors (Lipinski definition) is 0. The highest BCUT2D eigenvalue weighted by Crippen LogP contribution is 2.18. The molecular formula is C13H17N3OS2. The van der Waals surface area contributed by atoms with Crippen molar-refractivity contribution in [3.63, 3.8) is 0 Å². The van der Waals surface area contributed by atoms with Crippen molar-refractivity contribution < 1.29 is 4.79 Å². The minimum atomic E-state index is 0.250. The van der Waals surface area contributed by atoms with E-state index in [4.69, 9.17) is 0 Å². The van der Waals surface area contributed by atoms with Crippen molar-refractivity contribution in [2.45, 2.75) is 37.9 Å². The lowest BCUT2D eigenvalue weighted by Crippen LogP contribution is -2.01. The van der Waals surface area contributed by atoms with Crippen LogP contribution in [0.4, 0.5) is 0 Å². The van der Waals surface area contributed by atoms with Crippen LogP contribution in [-0.4, -0.2) is 26.3 Å². The molecule has 2 aromatic heterocycles. The number of ketones is 1. The van der Waals surface area contributed by atoms with Gasteiger partial charge < -0.3 is 9.36 Å². The van der Waals surface area contributed by atoms with Gasteiger partial charge >= 0.3 is 0 Å². The highest BCUT2D eigenvalue weighted by atomic mass is 32.2. The van der Waals surface area contributed by atoms with E-state index in [1.165, 1.54) is 4.88 Å². The second kappa shape index (κ2) is 7.45. The van der Waals surface area contributed by atoms with E-state index in [0.29, 0.717) is 6.42 Å². The second-order valence-corrected chi connectivity index (χ2v) is 6.38. The Morgan fingerprint density at radius 2 is 2.42 bits per heavy atom. The van der Waals surface area contributed by atoms with Gasteiger partial charge in [-0.15, -0.1) is 21.5 Å². The number of aryl methyl sites for hydroxylation is 2. The van der Waals surface area contributed by atoms with Gasteiger partial charge in [-0.1, -0.05) is 17.8 Å². The number of carbonyl (C=O) groups excluding carboxylic acids is 1.